The van der Waals surface area contributed by atoms with Crippen molar-refractivity contribution in [1.82, 2.24) is 10.9 Å². The van der Waals surface area contributed by atoms with E-state index in [1.54, 1.807) is 0 Å². The molecule has 1 aliphatic rings. The smallest absolute Gasteiger partial charge is 0.324 e. The molecule has 0 bridgehead atoms. The van der Waals surface area contributed by atoms with Crippen LogP contribution >= 0.6 is 0 Å². The molecule has 0 saturated carbocycles. The summed E-state index contributed by atoms with van der Waals surface area (Å²) in [4.78, 5) is 11.4. The minimum atomic E-state index is -0.160. The highest BCUT2D eigenvalue weighted by Crippen LogP contribution is 2.03. The maximum atomic E-state index is 11.4. The van der Waals surface area contributed by atoms with Gasteiger partial charge in [-0.2, -0.15) is 0 Å². The molecule has 13 heavy (non-hydrogen) atoms. The third kappa shape index (κ3) is 3.74. The molecule has 0 aliphatic carbocycles. The van der Waals surface area contributed by atoms with Crippen LogP contribution in [0.15, 0.2) is 0 Å². The van der Waals surface area contributed by atoms with Gasteiger partial charge < -0.3 is 4.74 Å². The van der Waals surface area contributed by atoms with Gasteiger partial charge in [0.25, 0.3) is 0 Å². The molecule has 76 valence electrons. The summed E-state index contributed by atoms with van der Waals surface area (Å²) in [6.45, 7) is 5.49. The number of carbonyl (C=O) groups excluding carboxylic acids is 1. The molecule has 0 radical (unpaired) electrons. The number of nitrogens with one attached hydrogen (secondary N) is 2. The highest BCUT2D eigenvalue weighted by molar-refractivity contribution is 5.75. The summed E-state index contributed by atoms with van der Waals surface area (Å²) in [6, 6.07) is -0.160. The van der Waals surface area contributed by atoms with Crippen LogP contribution in [0.4, 0.5) is 0 Å². The van der Waals surface area contributed by atoms with Gasteiger partial charge in [0.1, 0.15) is 6.04 Å². The number of esters is 1. The van der Waals surface area contributed by atoms with Crippen LogP contribution < -0.4 is 10.9 Å². The van der Waals surface area contributed by atoms with Crippen molar-refractivity contribution >= 4 is 5.97 Å². The molecular weight excluding hydrogens is 168 g/mol. The first-order chi connectivity index (χ1) is 6.20. The van der Waals surface area contributed by atoms with Gasteiger partial charge in [-0.15, -0.1) is 0 Å². The Kier molecular flexibility index (Phi) is 4.18. The molecule has 0 amide bonds. The molecule has 1 atom stereocenters. The lowest BCUT2D eigenvalue weighted by molar-refractivity contribution is -0.148. The van der Waals surface area contributed by atoms with Gasteiger partial charge in [0, 0.05) is 6.54 Å². The van der Waals surface area contributed by atoms with E-state index in [1.165, 1.54) is 0 Å². The van der Waals surface area contributed by atoms with Gasteiger partial charge in [-0.1, -0.05) is 13.8 Å². The quantitative estimate of drug-likeness (QED) is 0.628. The average molecular weight is 186 g/mol. The van der Waals surface area contributed by atoms with E-state index in [0.717, 1.165) is 19.4 Å². The lowest BCUT2D eigenvalue weighted by Gasteiger charge is -2.22. The van der Waals surface area contributed by atoms with E-state index in [0.29, 0.717) is 12.5 Å². The van der Waals surface area contributed by atoms with E-state index in [9.17, 15) is 4.79 Å². The summed E-state index contributed by atoms with van der Waals surface area (Å²) in [5, 5.41) is 0. The van der Waals surface area contributed by atoms with Crippen molar-refractivity contribution in [3.8, 4) is 0 Å². The first-order valence-electron chi connectivity index (χ1n) is 4.85. The highest BCUT2D eigenvalue weighted by Gasteiger charge is 2.21. The van der Waals surface area contributed by atoms with Gasteiger partial charge in [-0.3, -0.25) is 10.2 Å². The fourth-order valence-corrected chi connectivity index (χ4v) is 1.19. The van der Waals surface area contributed by atoms with Crippen molar-refractivity contribution in [2.24, 2.45) is 5.92 Å². The Hall–Kier alpha value is -0.610. The number of carbonyl (C=O) groups is 1. The summed E-state index contributed by atoms with van der Waals surface area (Å²) < 4.78 is 5.10. The first kappa shape index (κ1) is 10.5. The number of hydrogen-bond donors (Lipinski definition) is 2. The Balaban J connectivity index is 2.21. The van der Waals surface area contributed by atoms with Crippen molar-refractivity contribution < 1.29 is 9.53 Å². The average Bonchev–Trinajstić information content (AvgIpc) is 2.15. The lowest BCUT2D eigenvalue weighted by atomic mass is 10.1. The normalized spacial score (nSPS) is 23.2. The van der Waals surface area contributed by atoms with E-state index in [2.05, 4.69) is 10.9 Å². The maximum absolute atomic E-state index is 11.4. The van der Waals surface area contributed by atoms with Crippen molar-refractivity contribution in [3.63, 3.8) is 0 Å². The number of ether oxygens (including phenoxy) is 1. The highest BCUT2D eigenvalue weighted by atomic mass is 16.5. The van der Waals surface area contributed by atoms with Gasteiger partial charge in [0.2, 0.25) is 0 Å². The second kappa shape index (κ2) is 5.19. The zero-order chi connectivity index (χ0) is 9.68. The molecule has 0 aromatic rings. The topological polar surface area (TPSA) is 50.4 Å². The summed E-state index contributed by atoms with van der Waals surface area (Å²) in [5.74, 6) is 0.265. The first-order valence-corrected chi connectivity index (χ1v) is 4.85. The predicted octanol–water partition coefficient (Wildman–Crippen LogP) is 0.442. The molecule has 1 saturated heterocycles. The minimum absolute atomic E-state index is 0.138. The summed E-state index contributed by atoms with van der Waals surface area (Å²) in [5.41, 5.74) is 5.87. The molecule has 4 heteroatoms. The molecule has 0 aromatic carbocycles. The molecule has 1 fully saturated rings. The molecular formula is C9H18N2O2. The van der Waals surface area contributed by atoms with Gasteiger partial charge in [0.05, 0.1) is 6.61 Å². The van der Waals surface area contributed by atoms with Crippen LogP contribution in [-0.4, -0.2) is 25.2 Å². The zero-order valence-corrected chi connectivity index (χ0v) is 8.30. The Morgan fingerprint density at radius 2 is 2.38 bits per heavy atom. The van der Waals surface area contributed by atoms with E-state index in [4.69, 9.17) is 4.74 Å². The van der Waals surface area contributed by atoms with Gasteiger partial charge in [0.15, 0.2) is 0 Å². The Bertz CT molecular complexity index is 165. The Morgan fingerprint density at radius 1 is 1.62 bits per heavy atom. The molecule has 1 aliphatic heterocycles. The number of hydrogen-bond acceptors (Lipinski definition) is 4. The van der Waals surface area contributed by atoms with Gasteiger partial charge in [-0.05, 0) is 18.8 Å². The molecule has 1 rings (SSSR count). The third-order valence-corrected chi connectivity index (χ3v) is 1.91. The van der Waals surface area contributed by atoms with Gasteiger partial charge >= 0.3 is 5.97 Å². The lowest BCUT2D eigenvalue weighted by Crippen LogP contribution is -2.50. The van der Waals surface area contributed by atoms with Crippen LogP contribution in [0.2, 0.25) is 0 Å². The van der Waals surface area contributed by atoms with Crippen molar-refractivity contribution in [3.05, 3.63) is 0 Å². The SMILES string of the molecule is CC(C)COC(=O)[C@@H]1CCCNN1. The molecule has 0 unspecified atom stereocenters. The van der Waals surface area contributed by atoms with Crippen LogP contribution in [-0.2, 0) is 9.53 Å². The minimum Gasteiger partial charge on any atom is -0.464 e. The second-order valence-electron chi connectivity index (χ2n) is 3.79. The van der Waals surface area contributed by atoms with Crippen molar-refractivity contribution in [1.29, 1.82) is 0 Å². The molecule has 0 aromatic heterocycles. The zero-order valence-electron chi connectivity index (χ0n) is 8.30. The molecule has 1 heterocycles. The fourth-order valence-electron chi connectivity index (χ4n) is 1.19. The summed E-state index contributed by atoms with van der Waals surface area (Å²) in [7, 11) is 0. The van der Waals surface area contributed by atoms with Crippen molar-refractivity contribution in [2.45, 2.75) is 32.7 Å². The van der Waals surface area contributed by atoms with E-state index in [1.807, 2.05) is 13.8 Å². The number of rotatable bonds is 3. The standard InChI is InChI=1S/C9H18N2O2/c1-7(2)6-13-9(12)8-4-3-5-10-11-8/h7-8,10-11H,3-6H2,1-2H3/t8-/m0/s1. The summed E-state index contributed by atoms with van der Waals surface area (Å²) in [6.07, 6.45) is 1.89. The van der Waals surface area contributed by atoms with Crippen LogP contribution in [0.5, 0.6) is 0 Å². The van der Waals surface area contributed by atoms with Crippen LogP contribution in [0, 0.1) is 5.92 Å². The van der Waals surface area contributed by atoms with E-state index < -0.39 is 0 Å². The second-order valence-corrected chi connectivity index (χ2v) is 3.79. The largest absolute Gasteiger partial charge is 0.464 e. The monoisotopic (exact) mass is 186 g/mol. The van der Waals surface area contributed by atoms with E-state index in [-0.39, 0.29) is 12.0 Å². The molecule has 0 spiro atoms. The van der Waals surface area contributed by atoms with Crippen molar-refractivity contribution in [2.75, 3.05) is 13.2 Å². The predicted molar refractivity (Wildman–Crippen MR) is 50.0 cm³/mol. The Labute approximate surface area is 79.0 Å². The summed E-state index contributed by atoms with van der Waals surface area (Å²) >= 11 is 0. The molecule has 2 N–H and O–H groups in total. The molecule has 4 nitrogen and oxygen atoms in total. The number of hydrazine groups is 1. The van der Waals surface area contributed by atoms with Crippen LogP contribution in [0.3, 0.4) is 0 Å². The van der Waals surface area contributed by atoms with Crippen LogP contribution in [0.1, 0.15) is 26.7 Å². The van der Waals surface area contributed by atoms with Gasteiger partial charge in [-0.25, -0.2) is 5.43 Å². The Morgan fingerprint density at radius 3 is 2.92 bits per heavy atom. The maximum Gasteiger partial charge on any atom is 0.324 e. The third-order valence-electron chi connectivity index (χ3n) is 1.91. The van der Waals surface area contributed by atoms with E-state index >= 15 is 0 Å². The van der Waals surface area contributed by atoms with Crippen LogP contribution in [0.25, 0.3) is 0 Å². The fraction of sp³-hybridized carbons (Fsp3) is 0.889.